The van der Waals surface area contributed by atoms with Crippen LogP contribution in [0.25, 0.3) is 0 Å². The molecule has 0 fully saturated rings. The van der Waals surface area contributed by atoms with Crippen LogP contribution in [0.2, 0.25) is 0 Å². The summed E-state index contributed by atoms with van der Waals surface area (Å²) in [4.78, 5) is 39.2. The minimum Gasteiger partial charge on any atom is -0.502 e. The Morgan fingerprint density at radius 3 is 2.27 bits per heavy atom. The Balaban J connectivity index is 2.28. The smallest absolute Gasteiger partial charge is 0.336 e. The average molecular weight is 459 g/mol. The van der Waals surface area contributed by atoms with Crippen molar-refractivity contribution in [3.8, 4) is 17.2 Å². The first-order valence-corrected chi connectivity index (χ1v) is 10.6. The molecule has 0 aromatic heterocycles. The van der Waals surface area contributed by atoms with E-state index in [2.05, 4.69) is 5.32 Å². The highest BCUT2D eigenvalue weighted by atomic mass is 16.5. The molecule has 3 rings (SSSR count). The lowest BCUT2D eigenvalue weighted by Gasteiger charge is -2.38. The largest absolute Gasteiger partial charge is 0.502 e. The van der Waals surface area contributed by atoms with E-state index in [4.69, 9.17) is 18.9 Å². The van der Waals surface area contributed by atoms with Crippen molar-refractivity contribution in [2.45, 2.75) is 33.1 Å². The molecule has 0 saturated carbocycles. The van der Waals surface area contributed by atoms with Crippen molar-refractivity contribution < 1.29 is 38.4 Å². The molecule has 9 nitrogen and oxygen atoms in total. The van der Waals surface area contributed by atoms with Crippen molar-refractivity contribution in [2.75, 3.05) is 27.9 Å². The van der Waals surface area contributed by atoms with Gasteiger partial charge in [-0.05, 0) is 43.9 Å². The normalized spacial score (nSPS) is 22.4. The van der Waals surface area contributed by atoms with Crippen LogP contribution in [-0.4, -0.2) is 50.8 Å². The van der Waals surface area contributed by atoms with Gasteiger partial charge in [0.25, 0.3) is 0 Å². The average Bonchev–Trinajstić information content (AvgIpc) is 2.78. The highest BCUT2D eigenvalue weighted by Crippen LogP contribution is 2.48. The summed E-state index contributed by atoms with van der Waals surface area (Å²) < 4.78 is 20.8. The highest BCUT2D eigenvalue weighted by Gasteiger charge is 2.47. The van der Waals surface area contributed by atoms with Crippen molar-refractivity contribution in [1.29, 1.82) is 0 Å². The van der Waals surface area contributed by atoms with E-state index in [-0.39, 0.29) is 40.9 Å². The van der Waals surface area contributed by atoms with Gasteiger partial charge < -0.3 is 29.4 Å². The SMILES string of the molecule is CCOC(=O)C1=C(C)NC2=C(C(=O)[C@@H](C(=O)OC)[C@@H](C)C2)[C@@H]1c1cc(OC)c(O)c(OC)c1. The number of benzene rings is 1. The number of aromatic hydroxyl groups is 1. The summed E-state index contributed by atoms with van der Waals surface area (Å²) in [6.07, 6.45) is 0.414. The molecular formula is C24H29NO8. The zero-order valence-electron chi connectivity index (χ0n) is 19.6. The summed E-state index contributed by atoms with van der Waals surface area (Å²) in [6, 6.07) is 3.09. The minimum atomic E-state index is -0.999. The van der Waals surface area contributed by atoms with E-state index in [1.54, 1.807) is 26.0 Å². The number of phenolic OH excluding ortho intramolecular Hbond substituents is 1. The Morgan fingerprint density at radius 2 is 1.76 bits per heavy atom. The van der Waals surface area contributed by atoms with E-state index in [9.17, 15) is 19.5 Å². The number of Topliss-reactive ketones (excluding diaryl/α,β-unsaturated/α-hetero) is 1. The van der Waals surface area contributed by atoms with E-state index < -0.39 is 29.6 Å². The number of hydrogen-bond acceptors (Lipinski definition) is 9. The second kappa shape index (κ2) is 9.56. The standard InChI is InChI=1S/C24H29NO8/c1-7-33-24(29)18-12(3)25-14-8-11(2)17(23(28)32-6)22(27)20(14)19(18)13-9-15(30-4)21(26)16(10-13)31-5/h9-11,17,19,25-26H,7-8H2,1-6H3/t11-,17-,19+/m0/s1. The predicted molar refractivity (Wildman–Crippen MR) is 118 cm³/mol. The summed E-state index contributed by atoms with van der Waals surface area (Å²) in [5.74, 6) is -3.77. The van der Waals surface area contributed by atoms with Crippen LogP contribution in [0.3, 0.4) is 0 Å². The third-order valence-corrected chi connectivity index (χ3v) is 6.07. The monoisotopic (exact) mass is 459 g/mol. The van der Waals surface area contributed by atoms with E-state index >= 15 is 0 Å². The second-order valence-corrected chi connectivity index (χ2v) is 8.03. The van der Waals surface area contributed by atoms with Gasteiger partial charge in [-0.1, -0.05) is 6.92 Å². The van der Waals surface area contributed by atoms with Crippen molar-refractivity contribution in [3.63, 3.8) is 0 Å². The van der Waals surface area contributed by atoms with Gasteiger partial charge in [0.05, 0.1) is 33.5 Å². The number of phenols is 1. The van der Waals surface area contributed by atoms with Gasteiger partial charge in [0.2, 0.25) is 5.75 Å². The molecule has 0 amide bonds. The zero-order valence-corrected chi connectivity index (χ0v) is 19.6. The molecule has 1 aromatic carbocycles. The number of carbonyl (C=O) groups excluding carboxylic acids is 3. The summed E-state index contributed by atoms with van der Waals surface area (Å²) in [6.45, 7) is 5.38. The first kappa shape index (κ1) is 24.2. The molecule has 9 heteroatoms. The predicted octanol–water partition coefficient (Wildman–Crippen LogP) is 2.59. The number of rotatable bonds is 6. The molecule has 0 bridgehead atoms. The Labute approximate surface area is 192 Å². The third-order valence-electron chi connectivity index (χ3n) is 6.07. The summed E-state index contributed by atoms with van der Waals surface area (Å²) in [7, 11) is 4.02. The first-order valence-electron chi connectivity index (χ1n) is 10.6. The lowest BCUT2D eigenvalue weighted by atomic mass is 9.69. The molecular weight excluding hydrogens is 430 g/mol. The van der Waals surface area contributed by atoms with Gasteiger partial charge in [-0.2, -0.15) is 0 Å². The fraction of sp³-hybridized carbons (Fsp3) is 0.458. The lowest BCUT2D eigenvalue weighted by Crippen LogP contribution is -2.43. The van der Waals surface area contributed by atoms with Gasteiger partial charge in [0.1, 0.15) is 5.92 Å². The summed E-state index contributed by atoms with van der Waals surface area (Å²) in [5.41, 5.74) is 2.17. The Bertz CT molecular complexity index is 1030. The van der Waals surface area contributed by atoms with Gasteiger partial charge >= 0.3 is 11.9 Å². The van der Waals surface area contributed by atoms with Crippen LogP contribution in [0.4, 0.5) is 0 Å². The third kappa shape index (κ3) is 4.15. The molecule has 0 radical (unpaired) electrons. The fourth-order valence-corrected chi connectivity index (χ4v) is 4.57. The summed E-state index contributed by atoms with van der Waals surface area (Å²) >= 11 is 0. The number of methoxy groups -OCH3 is 3. The van der Waals surface area contributed by atoms with Crippen LogP contribution in [0.5, 0.6) is 17.2 Å². The quantitative estimate of drug-likeness (QED) is 0.488. The number of carbonyl (C=O) groups is 3. The molecule has 1 aromatic rings. The Morgan fingerprint density at radius 1 is 1.15 bits per heavy atom. The zero-order chi connectivity index (χ0) is 24.4. The van der Waals surface area contributed by atoms with Gasteiger partial charge in [-0.3, -0.25) is 9.59 Å². The number of dihydropyridines is 1. The maximum Gasteiger partial charge on any atom is 0.336 e. The molecule has 3 atom stereocenters. The topological polar surface area (TPSA) is 120 Å². The van der Waals surface area contributed by atoms with E-state index in [0.717, 1.165) is 0 Å². The molecule has 33 heavy (non-hydrogen) atoms. The van der Waals surface area contributed by atoms with Gasteiger partial charge in [-0.25, -0.2) is 4.79 Å². The van der Waals surface area contributed by atoms with Crippen LogP contribution < -0.4 is 14.8 Å². The molecule has 0 saturated heterocycles. The van der Waals surface area contributed by atoms with Crippen LogP contribution >= 0.6 is 0 Å². The molecule has 1 aliphatic carbocycles. The van der Waals surface area contributed by atoms with Crippen molar-refractivity contribution in [1.82, 2.24) is 5.32 Å². The Hall–Kier alpha value is -3.49. The lowest BCUT2D eigenvalue weighted by molar-refractivity contribution is -0.151. The van der Waals surface area contributed by atoms with E-state index in [0.29, 0.717) is 23.4 Å². The molecule has 1 aliphatic heterocycles. The highest BCUT2D eigenvalue weighted by molar-refractivity contribution is 6.12. The fourth-order valence-electron chi connectivity index (χ4n) is 4.57. The molecule has 2 N–H and O–H groups in total. The van der Waals surface area contributed by atoms with Gasteiger partial charge in [-0.15, -0.1) is 0 Å². The van der Waals surface area contributed by atoms with Crippen molar-refractivity contribution in [3.05, 3.63) is 40.2 Å². The second-order valence-electron chi connectivity index (χ2n) is 8.03. The summed E-state index contributed by atoms with van der Waals surface area (Å²) in [5, 5.41) is 13.6. The number of allylic oxidation sites excluding steroid dienone is 3. The maximum atomic E-state index is 13.7. The van der Waals surface area contributed by atoms with Crippen LogP contribution in [0.1, 0.15) is 38.7 Å². The van der Waals surface area contributed by atoms with Crippen molar-refractivity contribution in [2.24, 2.45) is 11.8 Å². The Kier molecular flexibility index (Phi) is 7.00. The number of esters is 2. The number of hydrogen-bond donors (Lipinski definition) is 2. The van der Waals surface area contributed by atoms with E-state index in [1.165, 1.54) is 21.3 Å². The van der Waals surface area contributed by atoms with Crippen molar-refractivity contribution >= 4 is 17.7 Å². The number of ketones is 1. The van der Waals surface area contributed by atoms with Crippen LogP contribution in [0.15, 0.2) is 34.7 Å². The number of nitrogens with one attached hydrogen (secondary N) is 1. The van der Waals surface area contributed by atoms with Crippen LogP contribution in [-0.2, 0) is 23.9 Å². The van der Waals surface area contributed by atoms with E-state index in [1.807, 2.05) is 6.92 Å². The molecule has 178 valence electrons. The molecule has 0 spiro atoms. The van der Waals surface area contributed by atoms with Crippen LogP contribution in [0, 0.1) is 11.8 Å². The molecule has 0 unspecified atom stereocenters. The molecule has 1 heterocycles. The number of ether oxygens (including phenoxy) is 4. The minimum absolute atomic E-state index is 0.118. The maximum absolute atomic E-state index is 13.7. The van der Waals surface area contributed by atoms with Gasteiger partial charge in [0, 0.05) is 22.9 Å². The first-order chi connectivity index (χ1) is 15.7. The molecule has 2 aliphatic rings. The van der Waals surface area contributed by atoms with Gasteiger partial charge in [0.15, 0.2) is 17.3 Å².